The summed E-state index contributed by atoms with van der Waals surface area (Å²) < 4.78 is 11.1. The Morgan fingerprint density at radius 3 is 2.00 bits per heavy atom. The van der Waals surface area contributed by atoms with Crippen molar-refractivity contribution >= 4 is 17.4 Å². The van der Waals surface area contributed by atoms with Crippen molar-refractivity contribution in [3.8, 4) is 5.75 Å². The van der Waals surface area contributed by atoms with Gasteiger partial charge in [0.2, 0.25) is 0 Å². The highest BCUT2D eigenvalue weighted by Gasteiger charge is 2.28. The summed E-state index contributed by atoms with van der Waals surface area (Å²) in [5, 5.41) is 11.4. The average Bonchev–Trinajstić information content (AvgIpc) is 2.81. The van der Waals surface area contributed by atoms with Crippen LogP contribution in [-0.4, -0.2) is 35.4 Å². The van der Waals surface area contributed by atoms with E-state index >= 15 is 0 Å². The van der Waals surface area contributed by atoms with Crippen molar-refractivity contribution in [3.05, 3.63) is 106 Å². The number of methoxy groups -OCH3 is 1. The number of benzene rings is 3. The first-order valence-electron chi connectivity index (χ1n) is 10.9. The molecular formula is C27H28N2O5. The average molecular weight is 461 g/mol. The molecule has 0 saturated heterocycles. The number of carbonyl (C=O) groups excluding carboxylic acids is 1. The molecule has 3 aromatic carbocycles. The number of nitro benzene ring substituents is 1. The van der Waals surface area contributed by atoms with Gasteiger partial charge in [0.1, 0.15) is 11.4 Å². The molecule has 0 bridgehead atoms. The smallest absolute Gasteiger partial charge is 0.331 e. The zero-order valence-electron chi connectivity index (χ0n) is 19.7. The predicted octanol–water partition coefficient (Wildman–Crippen LogP) is 5.39. The molecule has 0 aliphatic rings. The highest BCUT2D eigenvalue weighted by atomic mass is 16.6. The number of aliphatic imine (C=N–C) groups is 1. The van der Waals surface area contributed by atoms with Gasteiger partial charge in [0.15, 0.2) is 6.04 Å². The summed E-state index contributed by atoms with van der Waals surface area (Å²) in [5.74, 6) is -0.0826. The largest absolute Gasteiger partial charge is 0.496 e. The second-order valence-electron chi connectivity index (χ2n) is 8.72. The molecule has 0 spiro atoms. The van der Waals surface area contributed by atoms with E-state index in [1.165, 1.54) is 25.3 Å². The number of rotatable bonds is 8. The molecule has 0 aliphatic carbocycles. The molecule has 0 amide bonds. The summed E-state index contributed by atoms with van der Waals surface area (Å²) >= 11 is 0. The molecule has 3 rings (SSSR count). The Hall–Kier alpha value is -4.00. The van der Waals surface area contributed by atoms with Crippen LogP contribution in [0.2, 0.25) is 0 Å². The number of nitrogens with zero attached hydrogens (tertiary/aromatic N) is 2. The zero-order valence-corrected chi connectivity index (χ0v) is 19.7. The van der Waals surface area contributed by atoms with Gasteiger partial charge in [-0.3, -0.25) is 15.1 Å². The number of ether oxygens (including phenoxy) is 2. The molecule has 0 fully saturated rings. The minimum atomic E-state index is -0.953. The van der Waals surface area contributed by atoms with Gasteiger partial charge >= 0.3 is 5.97 Å². The fourth-order valence-electron chi connectivity index (χ4n) is 3.46. The topological polar surface area (TPSA) is 91.0 Å². The maximum Gasteiger partial charge on any atom is 0.331 e. The number of carbonyl (C=O) groups is 1. The van der Waals surface area contributed by atoms with Crippen LogP contribution in [0.1, 0.15) is 37.5 Å². The van der Waals surface area contributed by atoms with Crippen molar-refractivity contribution in [1.29, 1.82) is 0 Å². The second-order valence-corrected chi connectivity index (χ2v) is 8.72. The fraction of sp³-hybridized carbons (Fsp3) is 0.259. The minimum absolute atomic E-state index is 0.0724. The maximum absolute atomic E-state index is 13.3. The normalized spacial score (nSPS) is 11.9. The Bertz CT molecular complexity index is 1130. The first kappa shape index (κ1) is 24.6. The third-order valence-electron chi connectivity index (χ3n) is 4.95. The van der Waals surface area contributed by atoms with Crippen LogP contribution < -0.4 is 4.74 Å². The number of nitro groups is 1. The number of esters is 1. The standard InChI is InChI=1S/C27H28N2O5/c1-27(2,3)34-26(30)23(18-21-17-22(29(31)32)15-16-24(21)33-4)28-25(19-11-7-5-8-12-19)20-13-9-6-10-14-20/h5-17,23H,18H2,1-4H3/t23-/m0/s1. The van der Waals surface area contributed by atoms with E-state index in [-0.39, 0.29) is 12.1 Å². The van der Waals surface area contributed by atoms with Crippen LogP contribution in [0.5, 0.6) is 5.75 Å². The van der Waals surface area contributed by atoms with E-state index < -0.39 is 22.5 Å². The van der Waals surface area contributed by atoms with Crippen LogP contribution in [0.3, 0.4) is 0 Å². The van der Waals surface area contributed by atoms with Crippen LogP contribution in [0.25, 0.3) is 0 Å². The highest BCUT2D eigenvalue weighted by Crippen LogP contribution is 2.27. The number of non-ortho nitro benzene ring substituents is 1. The third-order valence-corrected chi connectivity index (χ3v) is 4.95. The molecule has 34 heavy (non-hydrogen) atoms. The summed E-state index contributed by atoms with van der Waals surface area (Å²) in [4.78, 5) is 29.0. The van der Waals surface area contributed by atoms with Gasteiger partial charge in [0.25, 0.3) is 5.69 Å². The summed E-state index contributed by atoms with van der Waals surface area (Å²) in [6.07, 6.45) is 0.0724. The lowest BCUT2D eigenvalue weighted by molar-refractivity contribution is -0.384. The molecule has 0 radical (unpaired) electrons. The van der Waals surface area contributed by atoms with Crippen molar-refractivity contribution in [1.82, 2.24) is 0 Å². The SMILES string of the molecule is COc1ccc([N+](=O)[O-])cc1C[C@H](N=C(c1ccccc1)c1ccccc1)C(=O)OC(C)(C)C. The molecule has 0 heterocycles. The Morgan fingerprint density at radius 2 is 1.53 bits per heavy atom. The predicted molar refractivity (Wildman–Crippen MR) is 132 cm³/mol. The summed E-state index contributed by atoms with van der Waals surface area (Å²) in [6.45, 7) is 5.36. The van der Waals surface area contributed by atoms with Gasteiger partial charge in [-0.15, -0.1) is 0 Å². The molecule has 176 valence electrons. The molecule has 7 heteroatoms. The van der Waals surface area contributed by atoms with Gasteiger partial charge in [-0.25, -0.2) is 4.79 Å². The maximum atomic E-state index is 13.3. The Kier molecular flexibility index (Phi) is 7.79. The van der Waals surface area contributed by atoms with Gasteiger partial charge in [-0.05, 0) is 26.8 Å². The van der Waals surface area contributed by atoms with E-state index in [0.29, 0.717) is 17.0 Å². The number of hydrogen-bond acceptors (Lipinski definition) is 6. The molecule has 7 nitrogen and oxygen atoms in total. The van der Waals surface area contributed by atoms with Crippen LogP contribution in [0.4, 0.5) is 5.69 Å². The molecule has 3 aromatic rings. The van der Waals surface area contributed by atoms with Crippen molar-refractivity contribution in [2.45, 2.75) is 38.8 Å². The Balaban J connectivity index is 2.14. The summed E-state index contributed by atoms with van der Waals surface area (Å²) in [7, 11) is 1.48. The van der Waals surface area contributed by atoms with Crippen LogP contribution in [0, 0.1) is 10.1 Å². The molecule has 0 unspecified atom stereocenters. The van der Waals surface area contributed by atoms with E-state index in [4.69, 9.17) is 14.5 Å². The van der Waals surface area contributed by atoms with Gasteiger partial charge in [0, 0.05) is 35.2 Å². The Labute approximate surface area is 199 Å². The molecular weight excluding hydrogens is 432 g/mol. The summed E-state index contributed by atoms with van der Waals surface area (Å²) in [5.41, 5.74) is 1.99. The van der Waals surface area contributed by atoms with E-state index in [1.807, 2.05) is 60.7 Å². The van der Waals surface area contributed by atoms with Gasteiger partial charge in [-0.1, -0.05) is 60.7 Å². The third kappa shape index (κ3) is 6.51. The van der Waals surface area contributed by atoms with Crippen molar-refractivity contribution in [3.63, 3.8) is 0 Å². The van der Waals surface area contributed by atoms with E-state index in [0.717, 1.165) is 11.1 Å². The zero-order chi connectivity index (χ0) is 24.7. The van der Waals surface area contributed by atoms with Gasteiger partial charge < -0.3 is 9.47 Å². The monoisotopic (exact) mass is 460 g/mol. The molecule has 0 aliphatic heterocycles. The molecule has 0 saturated carbocycles. The Morgan fingerprint density at radius 1 is 0.971 bits per heavy atom. The minimum Gasteiger partial charge on any atom is -0.496 e. The van der Waals surface area contributed by atoms with Crippen molar-refractivity contribution < 1.29 is 19.2 Å². The lowest BCUT2D eigenvalue weighted by Gasteiger charge is -2.23. The van der Waals surface area contributed by atoms with Crippen LogP contribution in [-0.2, 0) is 16.0 Å². The molecule has 0 aromatic heterocycles. The van der Waals surface area contributed by atoms with Gasteiger partial charge in [0.05, 0.1) is 17.7 Å². The van der Waals surface area contributed by atoms with E-state index in [1.54, 1.807) is 20.8 Å². The molecule has 0 N–H and O–H groups in total. The van der Waals surface area contributed by atoms with Crippen LogP contribution in [0.15, 0.2) is 83.9 Å². The van der Waals surface area contributed by atoms with E-state index in [2.05, 4.69) is 0 Å². The number of hydrogen-bond donors (Lipinski definition) is 0. The first-order chi connectivity index (χ1) is 16.2. The van der Waals surface area contributed by atoms with Crippen molar-refractivity contribution in [2.24, 2.45) is 4.99 Å². The quantitative estimate of drug-likeness (QED) is 0.194. The highest BCUT2D eigenvalue weighted by molar-refractivity contribution is 6.13. The molecule has 1 atom stereocenters. The van der Waals surface area contributed by atoms with Crippen LogP contribution >= 0.6 is 0 Å². The second kappa shape index (κ2) is 10.7. The first-order valence-corrected chi connectivity index (χ1v) is 10.9. The summed E-state index contributed by atoms with van der Waals surface area (Å²) in [6, 6.07) is 22.5. The van der Waals surface area contributed by atoms with Crippen molar-refractivity contribution in [2.75, 3.05) is 7.11 Å². The fourth-order valence-corrected chi connectivity index (χ4v) is 3.46. The lowest BCUT2D eigenvalue weighted by atomic mass is 10.00. The lowest BCUT2D eigenvalue weighted by Crippen LogP contribution is -2.33. The van der Waals surface area contributed by atoms with E-state index in [9.17, 15) is 14.9 Å². The van der Waals surface area contributed by atoms with Gasteiger partial charge in [-0.2, -0.15) is 0 Å².